The second-order valence-corrected chi connectivity index (χ2v) is 3.50. The zero-order valence-corrected chi connectivity index (χ0v) is 10.1. The van der Waals surface area contributed by atoms with Gasteiger partial charge < -0.3 is 9.47 Å². The van der Waals surface area contributed by atoms with Crippen LogP contribution < -0.4 is 9.47 Å². The van der Waals surface area contributed by atoms with E-state index in [2.05, 4.69) is 25.7 Å². The summed E-state index contributed by atoms with van der Waals surface area (Å²) in [4.78, 5) is 3.72. The van der Waals surface area contributed by atoms with E-state index in [-0.39, 0.29) is 11.2 Å². The highest BCUT2D eigenvalue weighted by molar-refractivity contribution is 9.08. The summed E-state index contributed by atoms with van der Waals surface area (Å²) in [5, 5.41) is 0.225. The minimum Gasteiger partial charge on any atom is -0.478 e. The maximum Gasteiger partial charge on any atom is 0.573 e. The average Bonchev–Trinajstić information content (AvgIpc) is 2.16. The third kappa shape index (κ3) is 3.01. The first kappa shape index (κ1) is 13.1. The van der Waals surface area contributed by atoms with Crippen molar-refractivity contribution >= 4 is 15.9 Å². The molecule has 16 heavy (non-hydrogen) atoms. The molecule has 0 atom stereocenters. The number of alkyl halides is 4. The van der Waals surface area contributed by atoms with Crippen LogP contribution in [0.4, 0.5) is 13.2 Å². The molecular formula is C9H9BrF3NO2. The normalized spacial score (nSPS) is 11.4. The highest BCUT2D eigenvalue weighted by atomic mass is 79.9. The second kappa shape index (κ2) is 4.90. The third-order valence-electron chi connectivity index (χ3n) is 1.86. The van der Waals surface area contributed by atoms with E-state index in [0.717, 1.165) is 0 Å². The maximum absolute atomic E-state index is 12.2. The molecule has 3 nitrogen and oxygen atoms in total. The van der Waals surface area contributed by atoms with E-state index in [9.17, 15) is 13.2 Å². The van der Waals surface area contributed by atoms with Crippen LogP contribution in [0.15, 0.2) is 6.20 Å². The van der Waals surface area contributed by atoms with Gasteiger partial charge in [0.1, 0.15) is 0 Å². The lowest BCUT2D eigenvalue weighted by atomic mass is 10.1. The largest absolute Gasteiger partial charge is 0.573 e. The lowest BCUT2D eigenvalue weighted by Crippen LogP contribution is -2.19. The molecule has 1 heterocycles. The summed E-state index contributed by atoms with van der Waals surface area (Å²) >= 11 is 3.10. The van der Waals surface area contributed by atoms with Gasteiger partial charge in [0.2, 0.25) is 0 Å². The van der Waals surface area contributed by atoms with E-state index in [1.165, 1.54) is 13.3 Å². The van der Waals surface area contributed by atoms with E-state index in [0.29, 0.717) is 11.1 Å². The zero-order chi connectivity index (χ0) is 12.3. The molecule has 0 aromatic carbocycles. The smallest absolute Gasteiger partial charge is 0.478 e. The zero-order valence-electron chi connectivity index (χ0n) is 8.56. The molecule has 0 radical (unpaired) electrons. The summed E-state index contributed by atoms with van der Waals surface area (Å²) in [5.41, 5.74) is 0.959. The first-order valence-electron chi connectivity index (χ1n) is 4.23. The molecule has 7 heteroatoms. The lowest BCUT2D eigenvalue weighted by Gasteiger charge is -2.15. The second-order valence-electron chi connectivity index (χ2n) is 2.94. The number of hydrogen-bond acceptors (Lipinski definition) is 3. The van der Waals surface area contributed by atoms with Gasteiger partial charge in [-0.15, -0.1) is 13.2 Å². The highest BCUT2D eigenvalue weighted by Gasteiger charge is 2.34. The van der Waals surface area contributed by atoms with Crippen molar-refractivity contribution in [2.24, 2.45) is 0 Å². The maximum atomic E-state index is 12.2. The highest BCUT2D eigenvalue weighted by Crippen LogP contribution is 2.36. The van der Waals surface area contributed by atoms with Gasteiger partial charge in [0.25, 0.3) is 5.88 Å². The number of ether oxygens (including phenoxy) is 2. The Morgan fingerprint density at radius 3 is 2.50 bits per heavy atom. The van der Waals surface area contributed by atoms with Gasteiger partial charge in [-0.2, -0.15) is 0 Å². The van der Waals surface area contributed by atoms with Gasteiger partial charge >= 0.3 is 6.36 Å². The quantitative estimate of drug-likeness (QED) is 0.803. The van der Waals surface area contributed by atoms with Crippen LogP contribution in [0.5, 0.6) is 11.6 Å². The van der Waals surface area contributed by atoms with E-state index in [1.807, 2.05) is 0 Å². The van der Waals surface area contributed by atoms with Crippen LogP contribution in [-0.2, 0) is 5.33 Å². The van der Waals surface area contributed by atoms with Crippen molar-refractivity contribution in [1.82, 2.24) is 4.98 Å². The average molecular weight is 300 g/mol. The molecule has 0 spiro atoms. The summed E-state index contributed by atoms with van der Waals surface area (Å²) in [5.74, 6) is -0.579. The molecule has 0 aliphatic heterocycles. The Bertz CT molecular complexity index is 382. The van der Waals surface area contributed by atoms with Crippen molar-refractivity contribution in [3.63, 3.8) is 0 Å². The van der Waals surface area contributed by atoms with Gasteiger partial charge in [0.15, 0.2) is 5.75 Å². The molecule has 1 aromatic heterocycles. The topological polar surface area (TPSA) is 31.4 Å². The van der Waals surface area contributed by atoms with Crippen molar-refractivity contribution in [2.75, 3.05) is 7.11 Å². The molecule has 0 saturated heterocycles. The number of halogens is 4. The summed E-state index contributed by atoms with van der Waals surface area (Å²) < 4.78 is 45.2. The number of nitrogens with zero attached hydrogens (tertiary/aromatic N) is 1. The molecule has 0 N–H and O–H groups in total. The van der Waals surface area contributed by atoms with Crippen LogP contribution in [0.25, 0.3) is 0 Å². The standard InChI is InChI=1S/C9H9BrF3NO2/c1-5-4-14-8(15-2)7(6(5)3-10)16-9(11,12)13/h4H,3H2,1-2H3. The van der Waals surface area contributed by atoms with Crippen LogP contribution in [0.2, 0.25) is 0 Å². The third-order valence-corrected chi connectivity index (χ3v) is 2.43. The summed E-state index contributed by atoms with van der Waals surface area (Å²) in [6, 6.07) is 0. The van der Waals surface area contributed by atoms with Gasteiger partial charge in [-0.3, -0.25) is 0 Å². The Morgan fingerprint density at radius 1 is 1.44 bits per heavy atom. The number of methoxy groups -OCH3 is 1. The van der Waals surface area contributed by atoms with E-state index < -0.39 is 12.1 Å². The summed E-state index contributed by atoms with van der Waals surface area (Å²) in [7, 11) is 1.24. The molecule has 0 aliphatic carbocycles. The molecule has 0 bridgehead atoms. The van der Waals surface area contributed by atoms with Gasteiger partial charge in [-0.05, 0) is 12.5 Å². The number of rotatable bonds is 3. The van der Waals surface area contributed by atoms with E-state index in [4.69, 9.17) is 4.74 Å². The fraction of sp³-hybridized carbons (Fsp3) is 0.444. The van der Waals surface area contributed by atoms with Crippen LogP contribution in [0.3, 0.4) is 0 Å². The van der Waals surface area contributed by atoms with Crippen LogP contribution in [0, 0.1) is 6.92 Å². The molecule has 1 aromatic rings. The van der Waals surface area contributed by atoms with Crippen molar-refractivity contribution < 1.29 is 22.6 Å². The van der Waals surface area contributed by atoms with Gasteiger partial charge in [0, 0.05) is 17.1 Å². The minimum absolute atomic E-state index is 0.183. The van der Waals surface area contributed by atoms with Crippen molar-refractivity contribution in [3.05, 3.63) is 17.3 Å². The fourth-order valence-corrected chi connectivity index (χ4v) is 1.83. The van der Waals surface area contributed by atoms with Gasteiger partial charge in [-0.1, -0.05) is 15.9 Å². The van der Waals surface area contributed by atoms with Crippen molar-refractivity contribution in [2.45, 2.75) is 18.6 Å². The number of hydrogen-bond donors (Lipinski definition) is 0. The molecule has 0 unspecified atom stereocenters. The van der Waals surface area contributed by atoms with E-state index in [1.54, 1.807) is 6.92 Å². The van der Waals surface area contributed by atoms with Crippen LogP contribution in [-0.4, -0.2) is 18.5 Å². The number of aromatic nitrogens is 1. The predicted octanol–water partition coefficient (Wildman–Crippen LogP) is 3.19. The molecular weight excluding hydrogens is 291 g/mol. The molecule has 0 aliphatic rings. The van der Waals surface area contributed by atoms with Crippen molar-refractivity contribution in [1.29, 1.82) is 0 Å². The SMILES string of the molecule is COc1ncc(C)c(CBr)c1OC(F)(F)F. The van der Waals surface area contributed by atoms with Crippen molar-refractivity contribution in [3.8, 4) is 11.6 Å². The molecule has 0 fully saturated rings. The number of aryl methyl sites for hydroxylation is 1. The molecule has 90 valence electrons. The lowest BCUT2D eigenvalue weighted by molar-refractivity contribution is -0.275. The van der Waals surface area contributed by atoms with Gasteiger partial charge in [-0.25, -0.2) is 4.98 Å². The van der Waals surface area contributed by atoms with Gasteiger partial charge in [0.05, 0.1) is 7.11 Å². The Kier molecular flexibility index (Phi) is 4.01. The first-order chi connectivity index (χ1) is 7.39. The Hall–Kier alpha value is -0.980. The summed E-state index contributed by atoms with van der Waals surface area (Å²) in [6.45, 7) is 1.65. The molecule has 0 saturated carbocycles. The first-order valence-corrected chi connectivity index (χ1v) is 5.35. The minimum atomic E-state index is -4.76. The van der Waals surface area contributed by atoms with E-state index >= 15 is 0 Å². The Balaban J connectivity index is 3.25. The van der Waals surface area contributed by atoms with Crippen LogP contribution in [0.1, 0.15) is 11.1 Å². The molecule has 1 rings (SSSR count). The van der Waals surface area contributed by atoms with Crippen LogP contribution >= 0.6 is 15.9 Å². The molecule has 0 amide bonds. The summed E-state index contributed by atoms with van der Waals surface area (Å²) in [6.07, 6.45) is -3.33. The number of pyridine rings is 1. The fourth-order valence-electron chi connectivity index (χ4n) is 1.13. The Morgan fingerprint density at radius 2 is 2.06 bits per heavy atom. The predicted molar refractivity (Wildman–Crippen MR) is 54.8 cm³/mol. The monoisotopic (exact) mass is 299 g/mol. The Labute approximate surface area is 98.7 Å².